The highest BCUT2D eigenvalue weighted by Gasteiger charge is 2.30. The lowest BCUT2D eigenvalue weighted by Gasteiger charge is -2.11. The lowest BCUT2D eigenvalue weighted by atomic mass is 10.1. The highest BCUT2D eigenvalue weighted by molar-refractivity contribution is 6.19. The highest BCUT2D eigenvalue weighted by atomic mass is 16.3. The number of nitrogens with zero attached hydrogens (tertiary/aromatic N) is 6. The molecule has 0 N–H and O–H groups in total. The Hall–Kier alpha value is -7.84. The lowest BCUT2D eigenvalue weighted by Crippen LogP contribution is -2.06. The molecular weight excluding hydrogens is 693 g/mol. The Balaban J connectivity index is 1.09. The summed E-state index contributed by atoms with van der Waals surface area (Å²) in [6, 6.07) is 50.3. The van der Waals surface area contributed by atoms with Crippen molar-refractivity contribution in [2.45, 2.75) is 0 Å². The number of aromatic nitrogens is 6. The molecule has 8 nitrogen and oxygen atoms in total. The summed E-state index contributed by atoms with van der Waals surface area (Å²) in [5, 5.41) is 9.62. The van der Waals surface area contributed by atoms with Crippen molar-refractivity contribution in [1.82, 2.24) is 29.1 Å². The first-order valence-corrected chi connectivity index (χ1v) is 18.6. The van der Waals surface area contributed by atoms with Crippen LogP contribution >= 0.6 is 0 Å². The Morgan fingerprint density at radius 2 is 0.768 bits per heavy atom. The van der Waals surface area contributed by atoms with Crippen LogP contribution in [0.25, 0.3) is 133 Å². The van der Waals surface area contributed by atoms with Crippen LogP contribution in [0.4, 0.5) is 0 Å². The van der Waals surface area contributed by atoms with Gasteiger partial charge in [0.25, 0.3) is 0 Å². The number of fused-ring (bicyclic) bond motifs is 15. The van der Waals surface area contributed by atoms with E-state index < -0.39 is 0 Å². The Labute approximate surface area is 315 Å². The first-order valence-electron chi connectivity index (χ1n) is 18.6. The van der Waals surface area contributed by atoms with Crippen LogP contribution in [-0.2, 0) is 0 Å². The molecule has 0 atom stereocenters. The van der Waals surface area contributed by atoms with E-state index in [0.29, 0.717) is 17.5 Å². The van der Waals surface area contributed by atoms with Crippen molar-refractivity contribution in [1.29, 1.82) is 0 Å². The van der Waals surface area contributed by atoms with Gasteiger partial charge < -0.3 is 8.83 Å². The molecule has 14 rings (SSSR count). The van der Waals surface area contributed by atoms with Gasteiger partial charge in [0.05, 0.1) is 38.8 Å². The molecule has 56 heavy (non-hydrogen) atoms. The smallest absolute Gasteiger partial charge is 0.237 e. The molecule has 0 saturated heterocycles. The minimum atomic E-state index is 0.535. The zero-order chi connectivity index (χ0) is 36.2. The van der Waals surface area contributed by atoms with Gasteiger partial charge in [0, 0.05) is 66.3 Å². The molecule has 8 heteroatoms. The van der Waals surface area contributed by atoms with Gasteiger partial charge in [0.15, 0.2) is 5.65 Å². The number of benzene rings is 7. The number of rotatable bonds is 2. The predicted molar refractivity (Wildman–Crippen MR) is 223 cm³/mol. The third kappa shape index (κ3) is 3.54. The molecule has 0 aliphatic heterocycles. The van der Waals surface area contributed by atoms with E-state index in [1.165, 1.54) is 0 Å². The van der Waals surface area contributed by atoms with Crippen molar-refractivity contribution < 1.29 is 8.83 Å². The molecule has 6 heterocycles. The predicted octanol–water partition coefficient (Wildman–Crippen LogP) is 12.1. The Kier molecular flexibility index (Phi) is 5.12. The number of furan rings is 2. The normalized spacial score (nSPS) is 12.6. The maximum Gasteiger partial charge on any atom is 0.237 e. The number of para-hydroxylation sites is 4. The largest absolute Gasteiger partial charge is 0.456 e. The standard InChI is InChI=1S/C48H24N6O2/c1-2-16-30-29(15-1)44-43-45(30)50-48(54-36-18-8-4-12-26(36)32-22-34-28-14-6-10-20-40(28)56-42(34)24-38(32)54)52-46(43)51-47(49-44)53-35-17-7-3-11-25(35)31-21-33-27-13-5-9-19-39(27)55-41(33)23-37(31)53/h1-24H. The fourth-order valence-electron chi connectivity index (χ4n) is 9.30. The lowest BCUT2D eigenvalue weighted by molar-refractivity contribution is 0.669. The average Bonchev–Trinajstić information content (AvgIpc) is 4.03. The quantitative estimate of drug-likeness (QED) is 0.177. The molecule has 0 radical (unpaired) electrons. The average molecular weight is 717 g/mol. The van der Waals surface area contributed by atoms with Gasteiger partial charge in [0.2, 0.25) is 11.9 Å². The monoisotopic (exact) mass is 716 g/mol. The van der Waals surface area contributed by atoms with Crippen LogP contribution in [0.2, 0.25) is 0 Å². The second-order valence-corrected chi connectivity index (χ2v) is 14.6. The molecule has 0 amide bonds. The summed E-state index contributed by atoms with van der Waals surface area (Å²) >= 11 is 0. The fraction of sp³-hybridized carbons (Fsp3) is 0. The third-order valence-electron chi connectivity index (χ3n) is 11.7. The molecule has 6 aromatic heterocycles. The van der Waals surface area contributed by atoms with Crippen LogP contribution in [0.1, 0.15) is 0 Å². The van der Waals surface area contributed by atoms with Gasteiger partial charge >= 0.3 is 0 Å². The van der Waals surface area contributed by atoms with Crippen molar-refractivity contribution in [3.8, 4) is 34.4 Å². The molecule has 13 aromatic rings. The first kappa shape index (κ1) is 28.6. The van der Waals surface area contributed by atoms with E-state index in [0.717, 1.165) is 115 Å². The second kappa shape index (κ2) is 10.0. The van der Waals surface area contributed by atoms with E-state index in [9.17, 15) is 0 Å². The first-order chi connectivity index (χ1) is 27.7. The Morgan fingerprint density at radius 3 is 1.27 bits per heavy atom. The van der Waals surface area contributed by atoms with Gasteiger partial charge in [-0.15, -0.1) is 0 Å². The number of hydrogen-bond acceptors (Lipinski definition) is 6. The Bertz CT molecular complexity index is 3650. The minimum absolute atomic E-state index is 0.535. The summed E-state index contributed by atoms with van der Waals surface area (Å²) in [6.45, 7) is 0. The van der Waals surface area contributed by atoms with Crippen LogP contribution in [-0.4, -0.2) is 29.1 Å². The zero-order valence-electron chi connectivity index (χ0n) is 29.4. The zero-order valence-corrected chi connectivity index (χ0v) is 29.4. The van der Waals surface area contributed by atoms with Gasteiger partial charge in [-0.05, 0) is 36.4 Å². The minimum Gasteiger partial charge on any atom is -0.456 e. The van der Waals surface area contributed by atoms with E-state index in [1.807, 2.05) is 24.3 Å². The highest BCUT2D eigenvalue weighted by Crippen LogP contribution is 2.46. The maximum atomic E-state index is 6.40. The summed E-state index contributed by atoms with van der Waals surface area (Å²) < 4.78 is 17.1. The van der Waals surface area contributed by atoms with Crippen molar-refractivity contribution >= 4 is 98.5 Å². The molecular formula is C48H24N6O2. The van der Waals surface area contributed by atoms with E-state index in [-0.39, 0.29) is 0 Å². The van der Waals surface area contributed by atoms with Crippen LogP contribution < -0.4 is 0 Å². The summed E-state index contributed by atoms with van der Waals surface area (Å²) in [6.07, 6.45) is 0. The molecule has 7 aromatic carbocycles. The van der Waals surface area contributed by atoms with Gasteiger partial charge in [-0.25, -0.2) is 9.97 Å². The molecule has 0 saturated carbocycles. The van der Waals surface area contributed by atoms with Crippen molar-refractivity contribution in [3.05, 3.63) is 146 Å². The van der Waals surface area contributed by atoms with Crippen LogP contribution in [0.15, 0.2) is 154 Å². The van der Waals surface area contributed by atoms with Gasteiger partial charge in [0.1, 0.15) is 22.3 Å². The molecule has 0 bridgehead atoms. The third-order valence-corrected chi connectivity index (χ3v) is 11.7. The van der Waals surface area contributed by atoms with Gasteiger partial charge in [-0.3, -0.25) is 9.13 Å². The maximum absolute atomic E-state index is 6.40. The van der Waals surface area contributed by atoms with E-state index in [1.54, 1.807) is 0 Å². The number of hydrogen-bond donors (Lipinski definition) is 0. The molecule has 1 aliphatic rings. The summed E-state index contributed by atoms with van der Waals surface area (Å²) in [5.74, 6) is 1.07. The van der Waals surface area contributed by atoms with E-state index in [2.05, 4.69) is 130 Å². The summed E-state index contributed by atoms with van der Waals surface area (Å²) in [4.78, 5) is 21.4. The molecule has 0 spiro atoms. The van der Waals surface area contributed by atoms with Crippen molar-refractivity contribution in [3.63, 3.8) is 0 Å². The molecule has 0 fully saturated rings. The second-order valence-electron chi connectivity index (χ2n) is 14.6. The molecule has 1 aliphatic carbocycles. The van der Waals surface area contributed by atoms with Crippen molar-refractivity contribution in [2.24, 2.45) is 0 Å². The van der Waals surface area contributed by atoms with E-state index in [4.69, 9.17) is 28.8 Å². The summed E-state index contributed by atoms with van der Waals surface area (Å²) in [5.41, 5.74) is 11.5. The van der Waals surface area contributed by atoms with E-state index >= 15 is 0 Å². The van der Waals surface area contributed by atoms with Gasteiger partial charge in [-0.1, -0.05) is 97.1 Å². The topological polar surface area (TPSA) is 87.7 Å². The summed E-state index contributed by atoms with van der Waals surface area (Å²) in [7, 11) is 0. The SMILES string of the molecule is c1ccc2c(c1)-c1nc(-n3c4ccccc4c4cc5c(cc43)oc3ccccc35)nc3nc(-n4c5ccccc5c5cc6c(cc54)oc4ccccc46)nc-2c13. The van der Waals surface area contributed by atoms with Crippen molar-refractivity contribution in [2.75, 3.05) is 0 Å². The fourth-order valence-corrected chi connectivity index (χ4v) is 9.30. The molecule has 0 unspecified atom stereocenters. The van der Waals surface area contributed by atoms with Crippen LogP contribution in [0.3, 0.4) is 0 Å². The Morgan fingerprint density at radius 1 is 0.339 bits per heavy atom. The molecule has 258 valence electrons. The van der Waals surface area contributed by atoms with Crippen LogP contribution in [0, 0.1) is 0 Å². The van der Waals surface area contributed by atoms with Crippen LogP contribution in [0.5, 0.6) is 0 Å². The van der Waals surface area contributed by atoms with Gasteiger partial charge in [-0.2, -0.15) is 9.97 Å².